The van der Waals surface area contributed by atoms with Crippen LogP contribution < -0.4 is 16.2 Å². The molecular formula is C34H32N6O5. The number of hydrogen-bond acceptors (Lipinski definition) is 7. The molecule has 0 spiro atoms. The molecule has 0 saturated heterocycles. The number of carboxylic acid groups (broad SMARTS) is 1. The van der Waals surface area contributed by atoms with Gasteiger partial charge in [0.15, 0.2) is 0 Å². The van der Waals surface area contributed by atoms with Crippen molar-refractivity contribution in [1.82, 2.24) is 25.3 Å². The standard InChI is InChI=1S/C34H32N6O5/c41-30-14-11-25(26-12-15-32(43)37-33(26)30)31(42)20-35-19-22-9-13-29-28(18-22)38-39-40(29)16-4-5-21-8-10-24(23-6-2-1-3-7-23)27(17-21)36-34(44)45/h1-3,6-15,17-18,31,35-36,41-42H,4-5,16,19-20H2,(H,37,43)(H,44,45). The molecule has 0 aliphatic heterocycles. The molecule has 2 aromatic heterocycles. The minimum Gasteiger partial charge on any atom is -0.506 e. The van der Waals surface area contributed by atoms with Gasteiger partial charge in [-0.3, -0.25) is 10.1 Å². The van der Waals surface area contributed by atoms with Crippen molar-refractivity contribution in [3.05, 3.63) is 118 Å². The molecule has 6 aromatic rings. The highest BCUT2D eigenvalue weighted by atomic mass is 16.4. The van der Waals surface area contributed by atoms with Crippen LogP contribution in [0, 0.1) is 0 Å². The lowest BCUT2D eigenvalue weighted by Crippen LogP contribution is -2.21. The molecule has 2 heterocycles. The van der Waals surface area contributed by atoms with Gasteiger partial charge in [-0.1, -0.05) is 59.8 Å². The van der Waals surface area contributed by atoms with Gasteiger partial charge in [0.25, 0.3) is 0 Å². The van der Waals surface area contributed by atoms with E-state index in [1.807, 2.05) is 71.4 Å². The Morgan fingerprint density at radius 3 is 2.60 bits per heavy atom. The number of rotatable bonds is 11. The van der Waals surface area contributed by atoms with E-state index in [1.165, 1.54) is 12.1 Å². The van der Waals surface area contributed by atoms with Gasteiger partial charge in [0.05, 0.1) is 22.8 Å². The van der Waals surface area contributed by atoms with Gasteiger partial charge >= 0.3 is 6.09 Å². The van der Waals surface area contributed by atoms with Gasteiger partial charge in [0, 0.05) is 36.7 Å². The number of phenolic OH excluding ortho intramolecular Hbond substituents is 1. The second kappa shape index (κ2) is 13.0. The van der Waals surface area contributed by atoms with E-state index in [9.17, 15) is 24.9 Å². The van der Waals surface area contributed by atoms with E-state index in [0.717, 1.165) is 46.1 Å². The summed E-state index contributed by atoms with van der Waals surface area (Å²) in [5, 5.41) is 45.3. The van der Waals surface area contributed by atoms with Gasteiger partial charge < -0.3 is 25.6 Å². The first-order chi connectivity index (χ1) is 21.9. The fourth-order valence-corrected chi connectivity index (χ4v) is 5.57. The number of aryl methyl sites for hydroxylation is 2. The molecule has 6 N–H and O–H groups in total. The Morgan fingerprint density at radius 1 is 0.956 bits per heavy atom. The fraction of sp³-hybridized carbons (Fsp3) is 0.176. The zero-order valence-corrected chi connectivity index (χ0v) is 24.3. The summed E-state index contributed by atoms with van der Waals surface area (Å²) in [5.41, 5.74) is 6.59. The van der Waals surface area contributed by atoms with Crippen molar-refractivity contribution < 1.29 is 20.1 Å². The van der Waals surface area contributed by atoms with Gasteiger partial charge in [-0.15, -0.1) is 5.10 Å². The quantitative estimate of drug-likeness (QED) is 0.118. The number of pyridine rings is 1. The van der Waals surface area contributed by atoms with Crippen molar-refractivity contribution in [2.24, 2.45) is 0 Å². The number of amides is 1. The normalized spacial score (nSPS) is 12.0. The summed E-state index contributed by atoms with van der Waals surface area (Å²) in [6, 6.07) is 27.5. The number of anilines is 1. The maximum absolute atomic E-state index is 11.7. The molecule has 0 bridgehead atoms. The Labute approximate surface area is 257 Å². The number of aromatic hydroxyl groups is 1. The Balaban J connectivity index is 1.06. The van der Waals surface area contributed by atoms with E-state index in [2.05, 4.69) is 25.9 Å². The summed E-state index contributed by atoms with van der Waals surface area (Å²) >= 11 is 0. The first kappa shape index (κ1) is 29.5. The molecule has 11 heteroatoms. The van der Waals surface area contributed by atoms with Crippen molar-refractivity contribution >= 4 is 33.7 Å². The average Bonchev–Trinajstić information content (AvgIpc) is 3.44. The number of fused-ring (bicyclic) bond motifs is 2. The number of aliphatic hydroxyl groups is 1. The van der Waals surface area contributed by atoms with E-state index < -0.39 is 12.2 Å². The molecule has 0 aliphatic carbocycles. The maximum atomic E-state index is 11.7. The lowest BCUT2D eigenvalue weighted by Gasteiger charge is -2.15. The molecule has 1 amide bonds. The summed E-state index contributed by atoms with van der Waals surface area (Å²) in [6.07, 6.45) is -0.430. The van der Waals surface area contributed by atoms with Crippen LogP contribution in [0.15, 0.2) is 95.8 Å². The number of aromatic amines is 1. The summed E-state index contributed by atoms with van der Waals surface area (Å²) < 4.78 is 1.87. The van der Waals surface area contributed by atoms with Crippen molar-refractivity contribution in [1.29, 1.82) is 0 Å². The molecule has 0 radical (unpaired) electrons. The van der Waals surface area contributed by atoms with Crippen LogP contribution in [-0.4, -0.2) is 47.9 Å². The summed E-state index contributed by atoms with van der Waals surface area (Å²) in [5.74, 6) is -0.0485. The second-order valence-electron chi connectivity index (χ2n) is 10.8. The molecule has 45 heavy (non-hydrogen) atoms. The highest BCUT2D eigenvalue weighted by Crippen LogP contribution is 2.30. The van der Waals surface area contributed by atoms with Crippen LogP contribution >= 0.6 is 0 Å². The highest BCUT2D eigenvalue weighted by molar-refractivity contribution is 5.91. The van der Waals surface area contributed by atoms with E-state index in [4.69, 9.17) is 0 Å². The number of nitrogens with one attached hydrogen (secondary N) is 3. The van der Waals surface area contributed by atoms with Crippen LogP contribution in [0.25, 0.3) is 33.1 Å². The predicted octanol–water partition coefficient (Wildman–Crippen LogP) is 5.19. The Morgan fingerprint density at radius 2 is 1.78 bits per heavy atom. The lowest BCUT2D eigenvalue weighted by atomic mass is 9.99. The SMILES string of the molecule is O=C(O)Nc1cc(CCCn2nnc3cc(CNCC(O)c4ccc(O)c5[nH]c(=O)ccc45)ccc32)ccc1-c1ccccc1. The number of benzene rings is 4. The molecule has 1 unspecified atom stereocenters. The van der Waals surface area contributed by atoms with Gasteiger partial charge in [0.2, 0.25) is 5.56 Å². The van der Waals surface area contributed by atoms with Crippen LogP contribution in [0.4, 0.5) is 10.5 Å². The third kappa shape index (κ3) is 6.69. The molecule has 0 fully saturated rings. The fourth-order valence-electron chi connectivity index (χ4n) is 5.57. The smallest absolute Gasteiger partial charge is 0.409 e. The number of carbonyl (C=O) groups is 1. The first-order valence-electron chi connectivity index (χ1n) is 14.6. The lowest BCUT2D eigenvalue weighted by molar-refractivity contribution is 0.176. The zero-order valence-electron chi connectivity index (χ0n) is 24.3. The second-order valence-corrected chi connectivity index (χ2v) is 10.8. The first-order valence-corrected chi connectivity index (χ1v) is 14.6. The molecule has 0 saturated carbocycles. The molecule has 4 aromatic carbocycles. The monoisotopic (exact) mass is 604 g/mol. The molecule has 0 aliphatic rings. The largest absolute Gasteiger partial charge is 0.506 e. The number of phenols is 1. The molecule has 11 nitrogen and oxygen atoms in total. The van der Waals surface area contributed by atoms with Gasteiger partial charge in [-0.2, -0.15) is 0 Å². The third-order valence-electron chi connectivity index (χ3n) is 7.76. The topological polar surface area (TPSA) is 165 Å². The number of aliphatic hydroxyl groups excluding tert-OH is 1. The Bertz CT molecular complexity index is 2040. The van der Waals surface area contributed by atoms with Crippen molar-refractivity contribution in [3.8, 4) is 16.9 Å². The average molecular weight is 605 g/mol. The molecule has 228 valence electrons. The summed E-state index contributed by atoms with van der Waals surface area (Å²) in [6.45, 7) is 1.41. The number of nitrogens with zero attached hydrogens (tertiary/aromatic N) is 3. The Hall–Kier alpha value is -5.52. The van der Waals surface area contributed by atoms with Gasteiger partial charge in [0.1, 0.15) is 11.3 Å². The number of hydrogen-bond donors (Lipinski definition) is 6. The molecule has 6 rings (SSSR count). The zero-order chi connectivity index (χ0) is 31.3. The van der Waals surface area contributed by atoms with E-state index >= 15 is 0 Å². The molecule has 1 atom stereocenters. The number of aromatic nitrogens is 4. The van der Waals surface area contributed by atoms with Crippen LogP contribution in [0.3, 0.4) is 0 Å². The summed E-state index contributed by atoms with van der Waals surface area (Å²) in [7, 11) is 0. The van der Waals surface area contributed by atoms with Gasteiger partial charge in [-0.25, -0.2) is 9.48 Å². The van der Waals surface area contributed by atoms with E-state index in [-0.39, 0.29) is 17.9 Å². The van der Waals surface area contributed by atoms with Crippen molar-refractivity contribution in [2.75, 3.05) is 11.9 Å². The van der Waals surface area contributed by atoms with Gasteiger partial charge in [-0.05, 0) is 65.4 Å². The van der Waals surface area contributed by atoms with Crippen LogP contribution in [0.2, 0.25) is 0 Å². The molecular weight excluding hydrogens is 572 g/mol. The van der Waals surface area contributed by atoms with E-state index in [1.54, 1.807) is 12.1 Å². The number of H-pyrrole nitrogens is 1. The maximum Gasteiger partial charge on any atom is 0.409 e. The van der Waals surface area contributed by atoms with Crippen molar-refractivity contribution in [3.63, 3.8) is 0 Å². The van der Waals surface area contributed by atoms with Crippen molar-refractivity contribution in [2.45, 2.75) is 32.0 Å². The van der Waals surface area contributed by atoms with Crippen LogP contribution in [0.1, 0.15) is 29.2 Å². The third-order valence-corrected chi connectivity index (χ3v) is 7.76. The van der Waals surface area contributed by atoms with Crippen LogP contribution in [-0.2, 0) is 19.5 Å². The highest BCUT2D eigenvalue weighted by Gasteiger charge is 2.15. The Kier molecular flexibility index (Phi) is 8.54. The van der Waals surface area contributed by atoms with E-state index in [0.29, 0.717) is 35.2 Å². The predicted molar refractivity (Wildman–Crippen MR) is 172 cm³/mol. The minimum absolute atomic E-state index is 0.0485. The summed E-state index contributed by atoms with van der Waals surface area (Å²) in [4.78, 5) is 25.7. The van der Waals surface area contributed by atoms with Crippen LogP contribution in [0.5, 0.6) is 5.75 Å². The minimum atomic E-state index is -1.10.